The smallest absolute Gasteiger partial charge is 0.489 e. The predicted molar refractivity (Wildman–Crippen MR) is 59.0 cm³/mol. The fourth-order valence-electron chi connectivity index (χ4n) is 1.30. The molecule has 17 heavy (non-hydrogen) atoms. The van der Waals surface area contributed by atoms with E-state index in [9.17, 15) is 13.2 Å². The van der Waals surface area contributed by atoms with Gasteiger partial charge in [0.05, 0.1) is 6.61 Å². The van der Waals surface area contributed by atoms with E-state index >= 15 is 0 Å². The molecule has 1 aromatic rings. The van der Waals surface area contributed by atoms with Gasteiger partial charge in [-0.05, 0) is 37.0 Å². The molecule has 0 amide bonds. The lowest BCUT2D eigenvalue weighted by Crippen LogP contribution is -2.18. The van der Waals surface area contributed by atoms with Gasteiger partial charge in [0, 0.05) is 4.47 Å². The first-order valence-corrected chi connectivity index (χ1v) is 5.91. The van der Waals surface area contributed by atoms with Crippen molar-refractivity contribution in [2.45, 2.75) is 19.2 Å². The molecule has 0 radical (unpaired) electrons. The number of alkyl halides is 3. The van der Waals surface area contributed by atoms with Crippen LogP contribution in [0.4, 0.5) is 13.2 Å². The van der Waals surface area contributed by atoms with Crippen LogP contribution in [0.2, 0.25) is 0 Å². The molecule has 2 nitrogen and oxygen atoms in total. The third-order valence-corrected chi connectivity index (χ3v) is 2.80. The summed E-state index contributed by atoms with van der Waals surface area (Å²) in [6, 6.07) is 4.33. The highest BCUT2D eigenvalue weighted by Crippen LogP contribution is 2.36. The van der Waals surface area contributed by atoms with Crippen molar-refractivity contribution in [1.29, 1.82) is 0 Å². The third kappa shape index (κ3) is 4.11. The van der Waals surface area contributed by atoms with Crippen molar-refractivity contribution in [2.75, 3.05) is 6.61 Å². The van der Waals surface area contributed by atoms with Crippen LogP contribution in [0.25, 0.3) is 0 Å². The van der Waals surface area contributed by atoms with E-state index in [-0.39, 0.29) is 11.5 Å². The fourth-order valence-corrected chi connectivity index (χ4v) is 1.64. The first-order valence-electron chi connectivity index (χ1n) is 5.12. The van der Waals surface area contributed by atoms with Crippen molar-refractivity contribution in [3.63, 3.8) is 0 Å². The van der Waals surface area contributed by atoms with Gasteiger partial charge in [-0.1, -0.05) is 15.9 Å². The van der Waals surface area contributed by atoms with Gasteiger partial charge in [0.1, 0.15) is 0 Å². The van der Waals surface area contributed by atoms with E-state index in [4.69, 9.17) is 4.74 Å². The zero-order valence-electron chi connectivity index (χ0n) is 8.76. The zero-order chi connectivity index (χ0) is 12.5. The zero-order valence-corrected chi connectivity index (χ0v) is 10.3. The van der Waals surface area contributed by atoms with Crippen LogP contribution in [0.1, 0.15) is 12.8 Å². The Morgan fingerprint density at radius 1 is 1.24 bits per heavy atom. The first-order chi connectivity index (χ1) is 7.94. The maximum Gasteiger partial charge on any atom is 0.573 e. The highest BCUT2D eigenvalue weighted by molar-refractivity contribution is 9.10. The average molecular weight is 311 g/mol. The van der Waals surface area contributed by atoms with Gasteiger partial charge in [-0.2, -0.15) is 0 Å². The normalized spacial score (nSPS) is 15.8. The molecule has 1 aromatic carbocycles. The van der Waals surface area contributed by atoms with Gasteiger partial charge in [0.25, 0.3) is 0 Å². The monoisotopic (exact) mass is 310 g/mol. The van der Waals surface area contributed by atoms with Gasteiger partial charge in [-0.3, -0.25) is 0 Å². The lowest BCUT2D eigenvalue weighted by atomic mass is 10.3. The molecule has 94 valence electrons. The molecule has 0 saturated heterocycles. The first kappa shape index (κ1) is 12.5. The Balaban J connectivity index is 2.11. The number of halogens is 4. The Labute approximate surface area is 105 Å². The van der Waals surface area contributed by atoms with Gasteiger partial charge < -0.3 is 9.47 Å². The Morgan fingerprint density at radius 3 is 2.53 bits per heavy atom. The van der Waals surface area contributed by atoms with Crippen LogP contribution in [0.15, 0.2) is 22.7 Å². The topological polar surface area (TPSA) is 18.5 Å². The summed E-state index contributed by atoms with van der Waals surface area (Å²) in [7, 11) is 0. The van der Waals surface area contributed by atoms with Crippen LogP contribution in [0.5, 0.6) is 11.5 Å². The van der Waals surface area contributed by atoms with E-state index in [1.54, 1.807) is 6.07 Å². The summed E-state index contributed by atoms with van der Waals surface area (Å²) in [6.45, 7) is 0.440. The van der Waals surface area contributed by atoms with Crippen LogP contribution in [0.3, 0.4) is 0 Å². The van der Waals surface area contributed by atoms with E-state index in [1.165, 1.54) is 12.1 Å². The number of hydrogen-bond donors (Lipinski definition) is 0. The second kappa shape index (κ2) is 4.76. The Kier molecular flexibility index (Phi) is 3.51. The molecule has 0 spiro atoms. The minimum Gasteiger partial charge on any atom is -0.489 e. The number of rotatable bonds is 4. The molecule has 2 rings (SSSR count). The average Bonchev–Trinajstić information content (AvgIpc) is 2.97. The van der Waals surface area contributed by atoms with Crippen molar-refractivity contribution in [1.82, 2.24) is 0 Å². The van der Waals surface area contributed by atoms with Gasteiger partial charge >= 0.3 is 6.36 Å². The highest BCUT2D eigenvalue weighted by Gasteiger charge is 2.33. The molecule has 0 atom stereocenters. The molecule has 0 heterocycles. The maximum absolute atomic E-state index is 12.2. The minimum atomic E-state index is -4.71. The lowest BCUT2D eigenvalue weighted by Gasteiger charge is -2.14. The number of ether oxygens (including phenoxy) is 2. The molecule has 0 aliphatic heterocycles. The lowest BCUT2D eigenvalue weighted by molar-refractivity contribution is -0.275. The summed E-state index contributed by atoms with van der Waals surface area (Å²) in [4.78, 5) is 0. The van der Waals surface area contributed by atoms with E-state index in [0.29, 0.717) is 17.0 Å². The van der Waals surface area contributed by atoms with Crippen LogP contribution < -0.4 is 9.47 Å². The van der Waals surface area contributed by atoms with Crippen LogP contribution >= 0.6 is 15.9 Å². The largest absolute Gasteiger partial charge is 0.573 e. The van der Waals surface area contributed by atoms with Crippen molar-refractivity contribution in [2.24, 2.45) is 5.92 Å². The highest BCUT2D eigenvalue weighted by atomic mass is 79.9. The summed E-state index contributed by atoms with van der Waals surface area (Å²) >= 11 is 3.09. The van der Waals surface area contributed by atoms with E-state index in [2.05, 4.69) is 20.7 Å². The Hall–Kier alpha value is -0.910. The molecule has 1 aliphatic carbocycles. The van der Waals surface area contributed by atoms with Gasteiger partial charge in [0.15, 0.2) is 11.5 Å². The van der Waals surface area contributed by atoms with Gasteiger partial charge in [-0.15, -0.1) is 13.2 Å². The number of hydrogen-bond acceptors (Lipinski definition) is 2. The van der Waals surface area contributed by atoms with E-state index in [1.807, 2.05) is 0 Å². The molecule has 1 aliphatic rings. The van der Waals surface area contributed by atoms with Crippen LogP contribution in [0, 0.1) is 5.92 Å². The molecule has 1 fully saturated rings. The van der Waals surface area contributed by atoms with Gasteiger partial charge in [0.2, 0.25) is 0 Å². The van der Waals surface area contributed by atoms with Crippen molar-refractivity contribution < 1.29 is 22.6 Å². The molecule has 0 N–H and O–H groups in total. The van der Waals surface area contributed by atoms with Crippen molar-refractivity contribution >= 4 is 15.9 Å². The predicted octanol–water partition coefficient (Wildman–Crippen LogP) is 4.14. The molecule has 6 heteroatoms. The maximum atomic E-state index is 12.2. The third-order valence-electron chi connectivity index (χ3n) is 2.30. The minimum absolute atomic E-state index is 0.123. The summed E-state index contributed by atoms with van der Waals surface area (Å²) in [6.07, 6.45) is -2.56. The number of benzene rings is 1. The Morgan fingerprint density at radius 2 is 1.94 bits per heavy atom. The molecule has 0 unspecified atom stereocenters. The molecule has 0 aromatic heterocycles. The SMILES string of the molecule is FC(F)(F)Oc1cc(Br)ccc1OCC1CC1. The van der Waals surface area contributed by atoms with Gasteiger partial charge in [-0.25, -0.2) is 0 Å². The molecular weight excluding hydrogens is 301 g/mol. The standard InChI is InChI=1S/C11H10BrF3O2/c12-8-3-4-9(16-6-7-1-2-7)10(5-8)17-11(13,14)15/h3-5,7H,1-2,6H2. The summed E-state index contributed by atoms with van der Waals surface area (Å²) in [5.74, 6) is 0.280. The quantitative estimate of drug-likeness (QED) is 0.832. The van der Waals surface area contributed by atoms with E-state index in [0.717, 1.165) is 12.8 Å². The van der Waals surface area contributed by atoms with E-state index < -0.39 is 6.36 Å². The second-order valence-electron chi connectivity index (χ2n) is 3.89. The second-order valence-corrected chi connectivity index (χ2v) is 4.81. The summed E-state index contributed by atoms with van der Waals surface area (Å²) < 4.78 is 46.3. The Bertz CT molecular complexity index is 402. The van der Waals surface area contributed by atoms with Crippen LogP contribution in [-0.2, 0) is 0 Å². The summed E-state index contributed by atoms with van der Waals surface area (Å²) in [5.41, 5.74) is 0. The molecule has 0 bridgehead atoms. The molecular formula is C11H10BrF3O2. The molecule has 1 saturated carbocycles. The van der Waals surface area contributed by atoms with Crippen LogP contribution in [-0.4, -0.2) is 13.0 Å². The van der Waals surface area contributed by atoms with Crippen molar-refractivity contribution in [3.8, 4) is 11.5 Å². The van der Waals surface area contributed by atoms with Crippen molar-refractivity contribution in [3.05, 3.63) is 22.7 Å². The summed E-state index contributed by atoms with van der Waals surface area (Å²) in [5, 5.41) is 0. The fraction of sp³-hybridized carbons (Fsp3) is 0.455.